The molecule has 112 valence electrons. The number of piperidine rings is 1. The van der Waals surface area contributed by atoms with Crippen molar-refractivity contribution in [1.29, 1.82) is 0 Å². The molecule has 0 aromatic rings. The lowest BCUT2D eigenvalue weighted by Gasteiger charge is -2.44. The molecule has 0 radical (unpaired) electrons. The van der Waals surface area contributed by atoms with Gasteiger partial charge in [0, 0.05) is 31.7 Å². The fourth-order valence-electron chi connectivity index (χ4n) is 3.72. The van der Waals surface area contributed by atoms with Gasteiger partial charge in [-0.3, -0.25) is 4.90 Å². The van der Waals surface area contributed by atoms with Crippen LogP contribution in [-0.2, 0) is 0 Å². The molecule has 2 rings (SSSR count). The normalized spacial score (nSPS) is 27.2. The van der Waals surface area contributed by atoms with Crippen LogP contribution in [0.1, 0.15) is 52.4 Å². The van der Waals surface area contributed by atoms with E-state index in [4.69, 9.17) is 0 Å². The van der Waals surface area contributed by atoms with Gasteiger partial charge in [0.15, 0.2) is 0 Å². The van der Waals surface area contributed by atoms with Crippen molar-refractivity contribution in [3.05, 3.63) is 0 Å². The van der Waals surface area contributed by atoms with Crippen molar-refractivity contribution in [2.75, 3.05) is 39.3 Å². The molecule has 0 saturated carbocycles. The molecule has 19 heavy (non-hydrogen) atoms. The Hall–Kier alpha value is -0.120. The second-order valence-electron chi connectivity index (χ2n) is 6.29. The van der Waals surface area contributed by atoms with E-state index in [2.05, 4.69) is 29.0 Å². The minimum atomic E-state index is 0.737. The number of nitrogens with zero attached hydrogens (tertiary/aromatic N) is 2. The van der Waals surface area contributed by atoms with E-state index in [-0.39, 0.29) is 0 Å². The summed E-state index contributed by atoms with van der Waals surface area (Å²) in [5.41, 5.74) is 0. The van der Waals surface area contributed by atoms with Gasteiger partial charge in [-0.1, -0.05) is 20.3 Å². The van der Waals surface area contributed by atoms with Gasteiger partial charge in [0.1, 0.15) is 0 Å². The third kappa shape index (κ3) is 4.73. The van der Waals surface area contributed by atoms with Gasteiger partial charge in [-0.15, -0.1) is 0 Å². The van der Waals surface area contributed by atoms with Gasteiger partial charge in [0.25, 0.3) is 0 Å². The van der Waals surface area contributed by atoms with E-state index < -0.39 is 0 Å². The predicted molar refractivity (Wildman–Crippen MR) is 82.6 cm³/mol. The smallest absolute Gasteiger partial charge is 0.0223 e. The summed E-state index contributed by atoms with van der Waals surface area (Å²) in [7, 11) is 0. The van der Waals surface area contributed by atoms with Crippen molar-refractivity contribution < 1.29 is 0 Å². The molecule has 0 amide bonds. The summed E-state index contributed by atoms with van der Waals surface area (Å²) >= 11 is 0. The molecule has 0 spiro atoms. The third-order valence-electron chi connectivity index (χ3n) is 4.93. The van der Waals surface area contributed by atoms with Crippen molar-refractivity contribution in [2.45, 2.75) is 64.5 Å². The van der Waals surface area contributed by atoms with Crippen LogP contribution in [0, 0.1) is 0 Å². The Morgan fingerprint density at radius 1 is 1.16 bits per heavy atom. The molecule has 2 fully saturated rings. The van der Waals surface area contributed by atoms with E-state index in [1.807, 2.05) is 0 Å². The highest BCUT2D eigenvalue weighted by molar-refractivity contribution is 4.85. The average molecular weight is 267 g/mol. The molecule has 0 aromatic heterocycles. The lowest BCUT2D eigenvalue weighted by atomic mass is 9.99. The monoisotopic (exact) mass is 267 g/mol. The number of rotatable bonds is 7. The van der Waals surface area contributed by atoms with Crippen LogP contribution in [0.2, 0.25) is 0 Å². The van der Waals surface area contributed by atoms with Crippen LogP contribution in [-0.4, -0.2) is 61.2 Å². The zero-order chi connectivity index (χ0) is 13.5. The predicted octanol–water partition coefficient (Wildman–Crippen LogP) is 2.32. The van der Waals surface area contributed by atoms with Crippen molar-refractivity contribution in [1.82, 2.24) is 15.1 Å². The summed E-state index contributed by atoms with van der Waals surface area (Å²) in [4.78, 5) is 5.44. The molecule has 1 N–H and O–H groups in total. The van der Waals surface area contributed by atoms with E-state index in [1.54, 1.807) is 0 Å². The van der Waals surface area contributed by atoms with Crippen molar-refractivity contribution in [2.24, 2.45) is 0 Å². The molecule has 3 nitrogen and oxygen atoms in total. The minimum absolute atomic E-state index is 0.737. The maximum Gasteiger partial charge on any atom is 0.0223 e. The topological polar surface area (TPSA) is 18.5 Å². The highest BCUT2D eigenvalue weighted by atomic mass is 15.3. The first kappa shape index (κ1) is 15.3. The Morgan fingerprint density at radius 2 is 2.05 bits per heavy atom. The molecule has 2 unspecified atom stereocenters. The molecule has 0 aliphatic carbocycles. The molecule has 0 aromatic carbocycles. The molecular weight excluding hydrogens is 234 g/mol. The first-order chi connectivity index (χ1) is 9.33. The summed E-state index contributed by atoms with van der Waals surface area (Å²) < 4.78 is 0. The lowest BCUT2D eigenvalue weighted by molar-refractivity contribution is 0.0483. The Labute approximate surface area is 119 Å². The Morgan fingerprint density at radius 3 is 2.84 bits per heavy atom. The van der Waals surface area contributed by atoms with E-state index in [0.29, 0.717) is 0 Å². The number of fused-ring (bicyclic) bond motifs is 1. The second kappa shape index (κ2) is 8.23. The van der Waals surface area contributed by atoms with Gasteiger partial charge in [-0.25, -0.2) is 0 Å². The maximum absolute atomic E-state index is 3.59. The highest BCUT2D eigenvalue weighted by Crippen LogP contribution is 2.21. The van der Waals surface area contributed by atoms with Crippen LogP contribution in [0.4, 0.5) is 0 Å². The molecule has 3 heteroatoms. The summed E-state index contributed by atoms with van der Waals surface area (Å²) in [5, 5.41) is 3.59. The lowest BCUT2D eigenvalue weighted by Crippen LogP contribution is -2.54. The summed E-state index contributed by atoms with van der Waals surface area (Å²) in [5.74, 6) is 0. The first-order valence-electron chi connectivity index (χ1n) is 8.53. The Bertz CT molecular complexity index is 244. The second-order valence-corrected chi connectivity index (χ2v) is 6.29. The molecule has 2 aliphatic rings. The summed E-state index contributed by atoms with van der Waals surface area (Å²) in [6.07, 6.45) is 8.29. The van der Waals surface area contributed by atoms with Gasteiger partial charge >= 0.3 is 0 Å². The first-order valence-corrected chi connectivity index (χ1v) is 8.53. The SMILES string of the molecule is CCNC(CC)CCCN1CCN2CCCCC2C1. The number of hydrogen-bond donors (Lipinski definition) is 1. The average Bonchev–Trinajstić information content (AvgIpc) is 2.46. The molecule has 2 heterocycles. The zero-order valence-electron chi connectivity index (χ0n) is 13.0. The Kier molecular flexibility index (Phi) is 6.62. The zero-order valence-corrected chi connectivity index (χ0v) is 13.0. The summed E-state index contributed by atoms with van der Waals surface area (Å²) in [6, 6.07) is 1.61. The van der Waals surface area contributed by atoms with Crippen molar-refractivity contribution in [3.63, 3.8) is 0 Å². The summed E-state index contributed by atoms with van der Waals surface area (Å²) in [6.45, 7) is 12.2. The Balaban J connectivity index is 1.63. The quantitative estimate of drug-likeness (QED) is 0.764. The third-order valence-corrected chi connectivity index (χ3v) is 4.93. The fourth-order valence-corrected chi connectivity index (χ4v) is 3.72. The minimum Gasteiger partial charge on any atom is -0.314 e. The van der Waals surface area contributed by atoms with Crippen molar-refractivity contribution >= 4 is 0 Å². The molecule has 2 aliphatic heterocycles. The molecular formula is C16H33N3. The van der Waals surface area contributed by atoms with Crippen LogP contribution in [0.5, 0.6) is 0 Å². The van der Waals surface area contributed by atoms with E-state index in [0.717, 1.165) is 18.6 Å². The fraction of sp³-hybridized carbons (Fsp3) is 1.00. The molecule has 0 bridgehead atoms. The number of nitrogens with one attached hydrogen (secondary N) is 1. The van der Waals surface area contributed by atoms with Gasteiger partial charge < -0.3 is 10.2 Å². The largest absolute Gasteiger partial charge is 0.314 e. The number of hydrogen-bond acceptors (Lipinski definition) is 3. The van der Waals surface area contributed by atoms with E-state index >= 15 is 0 Å². The molecule has 2 atom stereocenters. The van der Waals surface area contributed by atoms with Crippen LogP contribution in [0.15, 0.2) is 0 Å². The van der Waals surface area contributed by atoms with Crippen LogP contribution >= 0.6 is 0 Å². The standard InChI is InChI=1S/C16H33N3/c1-3-15(17-4-2)8-7-10-18-12-13-19-11-6-5-9-16(19)14-18/h15-17H,3-14H2,1-2H3. The van der Waals surface area contributed by atoms with Gasteiger partial charge in [0.2, 0.25) is 0 Å². The van der Waals surface area contributed by atoms with Crippen LogP contribution in [0.25, 0.3) is 0 Å². The molecule has 2 saturated heterocycles. The highest BCUT2D eigenvalue weighted by Gasteiger charge is 2.28. The number of piperazine rings is 1. The van der Waals surface area contributed by atoms with E-state index in [9.17, 15) is 0 Å². The van der Waals surface area contributed by atoms with Crippen LogP contribution < -0.4 is 5.32 Å². The van der Waals surface area contributed by atoms with Gasteiger partial charge in [-0.2, -0.15) is 0 Å². The maximum atomic E-state index is 3.59. The van der Waals surface area contributed by atoms with Crippen molar-refractivity contribution in [3.8, 4) is 0 Å². The van der Waals surface area contributed by atoms with Crippen LogP contribution in [0.3, 0.4) is 0 Å². The van der Waals surface area contributed by atoms with Gasteiger partial charge in [-0.05, 0) is 51.7 Å². The van der Waals surface area contributed by atoms with E-state index in [1.165, 1.54) is 71.2 Å². The van der Waals surface area contributed by atoms with Gasteiger partial charge in [0.05, 0.1) is 0 Å².